The van der Waals surface area contributed by atoms with E-state index in [1.807, 2.05) is 17.7 Å². The summed E-state index contributed by atoms with van der Waals surface area (Å²) in [4.78, 5) is 4.77. The maximum Gasteiger partial charge on any atom is 0.209 e. The Morgan fingerprint density at radius 2 is 1.82 bits per heavy atom. The Morgan fingerprint density at radius 1 is 1.11 bits per heavy atom. The topological polar surface area (TPSA) is 62.4 Å². The molecular weight excluding hydrogens is 392 g/mol. The molecule has 1 aromatic carbocycles. The smallest absolute Gasteiger partial charge is 0.209 e. The van der Waals surface area contributed by atoms with Gasteiger partial charge in [-0.2, -0.15) is 0 Å². The molecule has 1 fully saturated rings. The monoisotopic (exact) mass is 416 g/mol. The van der Waals surface area contributed by atoms with E-state index < -0.39 is 0 Å². The summed E-state index contributed by atoms with van der Waals surface area (Å²) in [7, 11) is 0. The lowest BCUT2D eigenvalue weighted by Crippen LogP contribution is -2.46. The Morgan fingerprint density at radius 3 is 2.50 bits per heavy atom. The highest BCUT2D eigenvalue weighted by Gasteiger charge is 2.19. The second-order valence-electron chi connectivity index (χ2n) is 7.13. The van der Waals surface area contributed by atoms with Crippen LogP contribution in [-0.2, 0) is 13.2 Å². The molecule has 1 N–H and O–H groups in total. The summed E-state index contributed by atoms with van der Waals surface area (Å²) in [5.74, 6) is 0.930. The molecule has 2 aromatic heterocycles. The van der Waals surface area contributed by atoms with E-state index in [9.17, 15) is 0 Å². The average molecular weight is 417 g/mol. The summed E-state index contributed by atoms with van der Waals surface area (Å²) in [6, 6.07) is 10.3. The molecule has 0 unspecified atom stereocenters. The lowest BCUT2D eigenvalue weighted by molar-refractivity contribution is 0.0924. The van der Waals surface area contributed by atoms with Crippen LogP contribution in [0.15, 0.2) is 34.9 Å². The van der Waals surface area contributed by atoms with Crippen LogP contribution in [-0.4, -0.2) is 50.9 Å². The van der Waals surface area contributed by atoms with Gasteiger partial charge in [0.15, 0.2) is 9.71 Å². The zero-order chi connectivity index (χ0) is 19.5. The first kappa shape index (κ1) is 19.3. The molecule has 0 spiro atoms. The minimum absolute atomic E-state index is 0.722. The molecule has 1 aliphatic heterocycles. The SMILES string of the molecule is Cc1ccc(Nc2nn(CN3CCN(Cc4cc(C)no4)CC3)c(=S)s2)cc1. The molecule has 1 saturated heterocycles. The van der Waals surface area contributed by atoms with Crippen LogP contribution in [0.3, 0.4) is 0 Å². The predicted octanol–water partition coefficient (Wildman–Crippen LogP) is 3.80. The van der Waals surface area contributed by atoms with Gasteiger partial charge in [0.2, 0.25) is 5.13 Å². The van der Waals surface area contributed by atoms with Crippen molar-refractivity contribution in [3.63, 3.8) is 0 Å². The van der Waals surface area contributed by atoms with Crippen LogP contribution in [0, 0.1) is 17.8 Å². The zero-order valence-corrected chi connectivity index (χ0v) is 17.7. The number of benzene rings is 1. The number of aromatic nitrogens is 3. The molecule has 0 bridgehead atoms. The third-order valence-electron chi connectivity index (χ3n) is 4.76. The van der Waals surface area contributed by atoms with E-state index in [0.717, 1.165) is 65.6 Å². The molecule has 4 rings (SSSR count). The molecule has 148 valence electrons. The Labute approximate surface area is 173 Å². The van der Waals surface area contributed by atoms with E-state index in [2.05, 4.69) is 56.6 Å². The van der Waals surface area contributed by atoms with Crippen molar-refractivity contribution in [3.05, 3.63) is 51.3 Å². The molecule has 3 aromatic rings. The van der Waals surface area contributed by atoms with Crippen molar-refractivity contribution in [2.45, 2.75) is 27.1 Å². The number of hydrogen-bond acceptors (Lipinski definition) is 8. The first-order valence-electron chi connectivity index (χ1n) is 9.34. The molecule has 9 heteroatoms. The van der Waals surface area contributed by atoms with Gasteiger partial charge in [0.05, 0.1) is 18.9 Å². The van der Waals surface area contributed by atoms with Crippen molar-refractivity contribution in [2.24, 2.45) is 0 Å². The number of hydrogen-bond donors (Lipinski definition) is 1. The number of aryl methyl sites for hydroxylation is 2. The van der Waals surface area contributed by atoms with E-state index in [4.69, 9.17) is 16.7 Å². The molecule has 1 aliphatic rings. The summed E-state index contributed by atoms with van der Waals surface area (Å²) >= 11 is 7.02. The third-order valence-corrected chi connectivity index (χ3v) is 5.99. The van der Waals surface area contributed by atoms with Gasteiger partial charge in [-0.1, -0.05) is 34.2 Å². The van der Waals surface area contributed by atoms with Gasteiger partial charge in [0, 0.05) is 37.9 Å². The Hall–Kier alpha value is -2.07. The molecule has 0 atom stereocenters. The first-order valence-corrected chi connectivity index (χ1v) is 10.6. The lowest BCUT2D eigenvalue weighted by atomic mass is 10.2. The van der Waals surface area contributed by atoms with E-state index in [0.29, 0.717) is 0 Å². The molecule has 28 heavy (non-hydrogen) atoms. The number of nitrogens with one attached hydrogen (secondary N) is 1. The van der Waals surface area contributed by atoms with Crippen molar-refractivity contribution in [1.82, 2.24) is 24.7 Å². The van der Waals surface area contributed by atoms with Crippen LogP contribution in [0.4, 0.5) is 10.8 Å². The fourth-order valence-corrected chi connectivity index (χ4v) is 4.21. The van der Waals surface area contributed by atoms with Crippen LogP contribution >= 0.6 is 23.6 Å². The average Bonchev–Trinajstić information content (AvgIpc) is 3.24. The standard InChI is InChI=1S/C19H24N6OS2/c1-14-3-5-16(6-4-14)20-18-21-25(19(27)28-18)13-24-9-7-23(8-10-24)12-17-11-15(2)22-26-17/h3-6,11H,7-10,12-13H2,1-2H3,(H,20,21). The fourth-order valence-electron chi connectivity index (χ4n) is 3.20. The van der Waals surface area contributed by atoms with E-state index in [1.54, 1.807) is 0 Å². The van der Waals surface area contributed by atoms with Crippen molar-refractivity contribution < 1.29 is 4.52 Å². The number of anilines is 2. The van der Waals surface area contributed by atoms with Crippen LogP contribution in [0.2, 0.25) is 0 Å². The third kappa shape index (κ3) is 4.85. The molecule has 3 heterocycles. The first-order chi connectivity index (χ1) is 13.5. The Bertz CT molecular complexity index is 969. The van der Waals surface area contributed by atoms with Gasteiger partial charge in [-0.05, 0) is 38.2 Å². The predicted molar refractivity (Wildman–Crippen MR) is 113 cm³/mol. The van der Waals surface area contributed by atoms with Crippen molar-refractivity contribution in [1.29, 1.82) is 0 Å². The van der Waals surface area contributed by atoms with Crippen molar-refractivity contribution in [3.8, 4) is 0 Å². The zero-order valence-electron chi connectivity index (χ0n) is 16.1. The van der Waals surface area contributed by atoms with Gasteiger partial charge in [-0.15, -0.1) is 5.10 Å². The van der Waals surface area contributed by atoms with Gasteiger partial charge >= 0.3 is 0 Å². The molecular formula is C19H24N6OS2. The van der Waals surface area contributed by atoms with Gasteiger partial charge < -0.3 is 9.84 Å². The minimum atomic E-state index is 0.722. The Kier molecular flexibility index (Phi) is 5.86. The van der Waals surface area contributed by atoms with E-state index >= 15 is 0 Å². The molecule has 0 radical (unpaired) electrons. The van der Waals surface area contributed by atoms with Crippen LogP contribution in [0.25, 0.3) is 0 Å². The summed E-state index contributed by atoms with van der Waals surface area (Å²) < 4.78 is 8.02. The largest absolute Gasteiger partial charge is 0.360 e. The summed E-state index contributed by atoms with van der Waals surface area (Å²) in [6.45, 7) is 9.51. The molecule has 0 amide bonds. The number of rotatable bonds is 6. The molecule has 7 nitrogen and oxygen atoms in total. The normalized spacial score (nSPS) is 15.8. The second-order valence-corrected chi connectivity index (χ2v) is 8.76. The van der Waals surface area contributed by atoms with Gasteiger partial charge in [0.25, 0.3) is 0 Å². The fraction of sp³-hybridized carbons (Fsp3) is 0.421. The lowest BCUT2D eigenvalue weighted by Gasteiger charge is -2.33. The van der Waals surface area contributed by atoms with Crippen molar-refractivity contribution in [2.75, 3.05) is 31.5 Å². The number of piperazine rings is 1. The highest BCUT2D eigenvalue weighted by molar-refractivity contribution is 7.73. The van der Waals surface area contributed by atoms with Crippen LogP contribution in [0.1, 0.15) is 17.0 Å². The Balaban J connectivity index is 1.30. The molecule has 0 saturated carbocycles. The second kappa shape index (κ2) is 8.52. The van der Waals surface area contributed by atoms with Crippen LogP contribution < -0.4 is 5.32 Å². The van der Waals surface area contributed by atoms with Gasteiger partial charge in [-0.25, -0.2) is 4.68 Å². The summed E-state index contributed by atoms with van der Waals surface area (Å²) in [5.41, 5.74) is 3.20. The summed E-state index contributed by atoms with van der Waals surface area (Å²) in [5, 5.41) is 12.8. The van der Waals surface area contributed by atoms with E-state index in [-0.39, 0.29) is 0 Å². The highest BCUT2D eigenvalue weighted by atomic mass is 32.1. The summed E-state index contributed by atoms with van der Waals surface area (Å²) in [6.07, 6.45) is 0. The van der Waals surface area contributed by atoms with Crippen LogP contribution in [0.5, 0.6) is 0 Å². The van der Waals surface area contributed by atoms with Crippen molar-refractivity contribution >= 4 is 34.4 Å². The minimum Gasteiger partial charge on any atom is -0.360 e. The highest BCUT2D eigenvalue weighted by Crippen LogP contribution is 2.21. The van der Waals surface area contributed by atoms with Gasteiger partial charge in [0.1, 0.15) is 0 Å². The maximum atomic E-state index is 5.51. The molecule has 0 aliphatic carbocycles. The van der Waals surface area contributed by atoms with E-state index in [1.165, 1.54) is 16.9 Å². The quantitative estimate of drug-likeness (QED) is 0.613. The number of nitrogens with zero attached hydrogens (tertiary/aromatic N) is 5. The maximum absolute atomic E-state index is 5.51. The van der Waals surface area contributed by atoms with Gasteiger partial charge in [-0.3, -0.25) is 9.80 Å².